The van der Waals surface area contributed by atoms with Crippen LogP contribution >= 0.6 is 0 Å². The molecule has 3 rings (SSSR count). The van der Waals surface area contributed by atoms with Crippen molar-refractivity contribution < 1.29 is 0 Å². The predicted molar refractivity (Wildman–Crippen MR) is 115 cm³/mol. The van der Waals surface area contributed by atoms with Crippen molar-refractivity contribution in [2.75, 3.05) is 0 Å². The van der Waals surface area contributed by atoms with Crippen molar-refractivity contribution in [1.29, 1.82) is 5.41 Å². The van der Waals surface area contributed by atoms with Crippen molar-refractivity contribution in [2.45, 2.75) is 46.2 Å². The quantitative estimate of drug-likeness (QED) is 0.410. The molecule has 0 aliphatic carbocycles. The number of amidine groups is 1. The van der Waals surface area contributed by atoms with Gasteiger partial charge in [-0.1, -0.05) is 61.9 Å². The van der Waals surface area contributed by atoms with Gasteiger partial charge in [0, 0.05) is 25.1 Å². The van der Waals surface area contributed by atoms with Crippen LogP contribution in [0.3, 0.4) is 0 Å². The highest BCUT2D eigenvalue weighted by molar-refractivity contribution is 6.01. The number of hydrogen-bond acceptors (Lipinski definition) is 3. The van der Waals surface area contributed by atoms with Crippen LogP contribution in [0.5, 0.6) is 0 Å². The molecule has 0 atom stereocenters. The standard InChI is InChI=1S/C23H29N5/c1-3-4-9-22-27-16(2)21(14-24)28(22)15-17-10-12-18(13-11-17)19-7-5-6-8-20(19)23(25)26/h5-8,10-13H,3-4,9,14-15,24H2,1-2H3,(H3,25,26). The Morgan fingerprint density at radius 3 is 2.46 bits per heavy atom. The largest absolute Gasteiger partial charge is 0.384 e. The minimum Gasteiger partial charge on any atom is -0.384 e. The number of hydrogen-bond donors (Lipinski definition) is 3. The fraction of sp³-hybridized carbons (Fsp3) is 0.304. The molecule has 0 saturated carbocycles. The van der Waals surface area contributed by atoms with Crippen LogP contribution in [0.1, 0.15) is 48.1 Å². The normalized spacial score (nSPS) is 11.0. The molecule has 0 radical (unpaired) electrons. The van der Waals surface area contributed by atoms with E-state index in [1.165, 1.54) is 5.56 Å². The summed E-state index contributed by atoms with van der Waals surface area (Å²) in [6, 6.07) is 16.2. The maximum absolute atomic E-state index is 7.80. The molecule has 5 nitrogen and oxygen atoms in total. The van der Waals surface area contributed by atoms with Crippen molar-refractivity contribution in [3.05, 3.63) is 76.9 Å². The fourth-order valence-corrected chi connectivity index (χ4v) is 3.58. The molecular weight excluding hydrogens is 346 g/mol. The predicted octanol–water partition coefficient (Wildman–Crippen LogP) is 3.99. The van der Waals surface area contributed by atoms with E-state index in [0.29, 0.717) is 6.54 Å². The lowest BCUT2D eigenvalue weighted by Crippen LogP contribution is -2.13. The van der Waals surface area contributed by atoms with Gasteiger partial charge in [0.25, 0.3) is 0 Å². The van der Waals surface area contributed by atoms with E-state index >= 15 is 0 Å². The molecule has 5 N–H and O–H groups in total. The van der Waals surface area contributed by atoms with Crippen molar-refractivity contribution in [2.24, 2.45) is 11.5 Å². The third-order valence-corrected chi connectivity index (χ3v) is 5.12. The summed E-state index contributed by atoms with van der Waals surface area (Å²) in [6.45, 7) is 5.49. The van der Waals surface area contributed by atoms with Crippen LogP contribution in [-0.4, -0.2) is 15.4 Å². The molecule has 0 aliphatic heterocycles. The molecule has 0 aliphatic rings. The van der Waals surface area contributed by atoms with E-state index in [-0.39, 0.29) is 5.84 Å². The average molecular weight is 376 g/mol. The van der Waals surface area contributed by atoms with Crippen LogP contribution < -0.4 is 11.5 Å². The monoisotopic (exact) mass is 375 g/mol. The lowest BCUT2D eigenvalue weighted by Gasteiger charge is -2.13. The topological polar surface area (TPSA) is 93.7 Å². The van der Waals surface area contributed by atoms with Crippen LogP contribution in [0.4, 0.5) is 0 Å². The first-order valence-electron chi connectivity index (χ1n) is 9.82. The highest BCUT2D eigenvalue weighted by atomic mass is 15.1. The van der Waals surface area contributed by atoms with Gasteiger partial charge in [0.2, 0.25) is 0 Å². The molecular formula is C23H29N5. The summed E-state index contributed by atoms with van der Waals surface area (Å²) < 4.78 is 2.27. The first-order chi connectivity index (χ1) is 13.5. The minimum absolute atomic E-state index is 0.0849. The highest BCUT2D eigenvalue weighted by Gasteiger charge is 2.14. The van der Waals surface area contributed by atoms with Crippen LogP contribution in [0, 0.1) is 12.3 Å². The number of aryl methyl sites for hydroxylation is 2. The Labute approximate surface area is 166 Å². The van der Waals surface area contributed by atoms with Crippen molar-refractivity contribution in [3.63, 3.8) is 0 Å². The Morgan fingerprint density at radius 2 is 1.82 bits per heavy atom. The van der Waals surface area contributed by atoms with Crippen LogP contribution in [0.15, 0.2) is 48.5 Å². The van der Waals surface area contributed by atoms with Crippen LogP contribution in [0.2, 0.25) is 0 Å². The average Bonchev–Trinajstić information content (AvgIpc) is 3.01. The first-order valence-corrected chi connectivity index (χ1v) is 9.82. The molecule has 3 aromatic rings. The first kappa shape index (κ1) is 19.8. The molecule has 2 aromatic carbocycles. The second-order valence-corrected chi connectivity index (χ2v) is 7.11. The molecule has 0 bridgehead atoms. The lowest BCUT2D eigenvalue weighted by molar-refractivity contribution is 0.655. The Hall–Kier alpha value is -2.92. The third kappa shape index (κ3) is 4.15. The third-order valence-electron chi connectivity index (χ3n) is 5.12. The number of nitrogen functional groups attached to an aromatic ring is 1. The summed E-state index contributed by atoms with van der Waals surface area (Å²) in [5, 5.41) is 7.80. The van der Waals surface area contributed by atoms with E-state index in [2.05, 4.69) is 35.8 Å². The molecule has 0 fully saturated rings. The SMILES string of the molecule is CCCCc1nc(C)c(CN)n1Cc1ccc(-c2ccccc2C(=N)N)cc1. The van der Waals surface area contributed by atoms with Gasteiger partial charge in [-0.2, -0.15) is 0 Å². The molecule has 5 heteroatoms. The smallest absolute Gasteiger partial charge is 0.123 e. The molecule has 0 unspecified atom stereocenters. The van der Waals surface area contributed by atoms with E-state index in [1.54, 1.807) is 0 Å². The number of imidazole rings is 1. The van der Waals surface area contributed by atoms with Gasteiger partial charge in [-0.15, -0.1) is 0 Å². The molecule has 28 heavy (non-hydrogen) atoms. The van der Waals surface area contributed by atoms with Gasteiger partial charge in [0.15, 0.2) is 0 Å². The number of aromatic nitrogens is 2. The Kier molecular flexibility index (Phi) is 6.26. The van der Waals surface area contributed by atoms with Gasteiger partial charge in [-0.05, 0) is 30.0 Å². The number of benzene rings is 2. The minimum atomic E-state index is 0.0849. The summed E-state index contributed by atoms with van der Waals surface area (Å²) in [4.78, 5) is 4.76. The maximum Gasteiger partial charge on any atom is 0.123 e. The number of nitrogens with zero attached hydrogens (tertiary/aromatic N) is 2. The van der Waals surface area contributed by atoms with Gasteiger partial charge >= 0.3 is 0 Å². The second-order valence-electron chi connectivity index (χ2n) is 7.11. The van der Waals surface area contributed by atoms with E-state index in [0.717, 1.165) is 59.7 Å². The number of unbranched alkanes of at least 4 members (excludes halogenated alkanes) is 1. The molecule has 0 spiro atoms. The summed E-state index contributed by atoms with van der Waals surface area (Å²) in [5.41, 5.74) is 17.9. The maximum atomic E-state index is 7.80. The summed E-state index contributed by atoms with van der Waals surface area (Å²) in [5.74, 6) is 1.20. The fourth-order valence-electron chi connectivity index (χ4n) is 3.58. The van der Waals surface area contributed by atoms with E-state index in [9.17, 15) is 0 Å². The molecule has 0 amide bonds. The van der Waals surface area contributed by atoms with Gasteiger partial charge in [0.1, 0.15) is 11.7 Å². The zero-order valence-corrected chi connectivity index (χ0v) is 16.7. The van der Waals surface area contributed by atoms with Crippen molar-refractivity contribution in [3.8, 4) is 11.1 Å². The van der Waals surface area contributed by atoms with Crippen molar-refractivity contribution in [1.82, 2.24) is 9.55 Å². The lowest BCUT2D eigenvalue weighted by atomic mass is 9.98. The highest BCUT2D eigenvalue weighted by Crippen LogP contribution is 2.24. The van der Waals surface area contributed by atoms with Crippen LogP contribution in [0.25, 0.3) is 11.1 Å². The summed E-state index contributed by atoms with van der Waals surface area (Å²) >= 11 is 0. The van der Waals surface area contributed by atoms with E-state index in [1.807, 2.05) is 31.2 Å². The zero-order chi connectivity index (χ0) is 20.1. The van der Waals surface area contributed by atoms with Gasteiger partial charge in [-0.3, -0.25) is 5.41 Å². The van der Waals surface area contributed by atoms with Crippen molar-refractivity contribution >= 4 is 5.84 Å². The number of rotatable bonds is 8. The second kappa shape index (κ2) is 8.85. The molecule has 1 heterocycles. The Balaban J connectivity index is 1.89. The van der Waals surface area contributed by atoms with Gasteiger partial charge in [-0.25, -0.2) is 4.98 Å². The Morgan fingerprint density at radius 1 is 1.11 bits per heavy atom. The van der Waals surface area contributed by atoms with Gasteiger partial charge in [0.05, 0.1) is 11.4 Å². The number of nitrogens with two attached hydrogens (primary N) is 2. The van der Waals surface area contributed by atoms with Crippen LogP contribution in [-0.2, 0) is 19.5 Å². The van der Waals surface area contributed by atoms with E-state index in [4.69, 9.17) is 21.9 Å². The van der Waals surface area contributed by atoms with Gasteiger partial charge < -0.3 is 16.0 Å². The molecule has 0 saturated heterocycles. The van der Waals surface area contributed by atoms with E-state index < -0.39 is 0 Å². The zero-order valence-electron chi connectivity index (χ0n) is 16.7. The number of nitrogens with one attached hydrogen (secondary N) is 1. The summed E-state index contributed by atoms with van der Waals surface area (Å²) in [6.07, 6.45) is 3.25. The molecule has 1 aromatic heterocycles. The summed E-state index contributed by atoms with van der Waals surface area (Å²) in [7, 11) is 0. The Bertz CT molecular complexity index is 954. The molecule has 146 valence electrons.